The maximum atomic E-state index is 13.1. The van der Waals surface area contributed by atoms with Crippen molar-refractivity contribution in [1.29, 1.82) is 0 Å². The fraction of sp³-hybridized carbons (Fsp3) is 0.176. The minimum absolute atomic E-state index is 0.123. The Balaban J connectivity index is 1.85. The fourth-order valence-corrected chi connectivity index (χ4v) is 2.52. The second kappa shape index (κ2) is 5.48. The smallest absolute Gasteiger partial charge is 0.251 e. The molecule has 2 aromatic rings. The molecule has 3 rings (SSSR count). The van der Waals surface area contributed by atoms with Gasteiger partial charge >= 0.3 is 0 Å². The first-order valence-electron chi connectivity index (χ1n) is 6.82. The summed E-state index contributed by atoms with van der Waals surface area (Å²) in [6.07, 6.45) is 0.900. The van der Waals surface area contributed by atoms with E-state index < -0.39 is 0 Å². The Bertz CT molecular complexity index is 724. The number of hydrogen-bond acceptors (Lipinski definition) is 2. The van der Waals surface area contributed by atoms with Crippen molar-refractivity contribution in [3.8, 4) is 0 Å². The van der Waals surface area contributed by atoms with Gasteiger partial charge in [0, 0.05) is 24.1 Å². The van der Waals surface area contributed by atoms with Crippen molar-refractivity contribution in [1.82, 2.24) is 5.32 Å². The summed E-state index contributed by atoms with van der Waals surface area (Å²) in [5, 5.41) is 2.76. The van der Waals surface area contributed by atoms with Crippen LogP contribution in [0.3, 0.4) is 0 Å². The van der Waals surface area contributed by atoms with Gasteiger partial charge in [-0.25, -0.2) is 4.39 Å². The van der Waals surface area contributed by atoms with E-state index in [0.717, 1.165) is 12.0 Å². The Morgan fingerprint density at radius 2 is 2.05 bits per heavy atom. The average molecular weight is 283 g/mol. The van der Waals surface area contributed by atoms with Gasteiger partial charge in [0.05, 0.1) is 0 Å². The molecule has 0 spiro atoms. The summed E-state index contributed by atoms with van der Waals surface area (Å²) in [6, 6.07) is 11.2. The number of halogens is 1. The Labute approximate surface area is 121 Å². The van der Waals surface area contributed by atoms with Crippen molar-refractivity contribution in [2.75, 3.05) is 6.54 Å². The van der Waals surface area contributed by atoms with E-state index in [-0.39, 0.29) is 23.9 Å². The maximum Gasteiger partial charge on any atom is 0.251 e. The van der Waals surface area contributed by atoms with Gasteiger partial charge in [0.15, 0.2) is 5.78 Å². The highest BCUT2D eigenvalue weighted by molar-refractivity contribution is 6.02. The molecular formula is C17H14FNO2. The monoisotopic (exact) mass is 283 g/mol. The first-order chi connectivity index (χ1) is 10.1. The number of carbonyl (C=O) groups is 2. The van der Waals surface area contributed by atoms with Crippen LogP contribution < -0.4 is 5.32 Å². The second-order valence-corrected chi connectivity index (χ2v) is 5.11. The van der Waals surface area contributed by atoms with E-state index in [0.29, 0.717) is 23.2 Å². The van der Waals surface area contributed by atoms with E-state index in [9.17, 15) is 14.0 Å². The standard InChI is InChI=1S/C17H14FNO2/c18-14-3-1-2-11(8-14)9-16(20)13-5-4-12-6-7-19-17(21)15(12)10-13/h1-5,8,10H,6-7,9H2,(H,19,21). The van der Waals surface area contributed by atoms with Crippen LogP contribution in [0.2, 0.25) is 0 Å². The Morgan fingerprint density at radius 1 is 1.19 bits per heavy atom. The largest absolute Gasteiger partial charge is 0.352 e. The molecule has 21 heavy (non-hydrogen) atoms. The third-order valence-corrected chi connectivity index (χ3v) is 3.61. The fourth-order valence-electron chi connectivity index (χ4n) is 2.52. The van der Waals surface area contributed by atoms with Crippen LogP contribution in [0.5, 0.6) is 0 Å². The molecule has 1 aliphatic heterocycles. The van der Waals surface area contributed by atoms with Crippen LogP contribution in [0.25, 0.3) is 0 Å². The van der Waals surface area contributed by atoms with E-state index in [1.165, 1.54) is 12.1 Å². The normalized spacial score (nSPS) is 13.5. The first-order valence-corrected chi connectivity index (χ1v) is 6.82. The van der Waals surface area contributed by atoms with Crippen LogP contribution in [0.15, 0.2) is 42.5 Å². The number of hydrogen-bond donors (Lipinski definition) is 1. The van der Waals surface area contributed by atoms with Crippen LogP contribution in [0, 0.1) is 5.82 Å². The summed E-state index contributed by atoms with van der Waals surface area (Å²) in [5.74, 6) is -0.622. The first kappa shape index (κ1) is 13.5. The molecule has 2 aromatic carbocycles. The molecule has 0 aliphatic carbocycles. The minimum Gasteiger partial charge on any atom is -0.352 e. The van der Waals surface area contributed by atoms with Crippen molar-refractivity contribution in [3.63, 3.8) is 0 Å². The number of benzene rings is 2. The van der Waals surface area contributed by atoms with Gasteiger partial charge < -0.3 is 5.32 Å². The second-order valence-electron chi connectivity index (χ2n) is 5.11. The third kappa shape index (κ3) is 2.84. The summed E-state index contributed by atoms with van der Waals surface area (Å²) in [5.41, 5.74) is 2.63. The molecule has 0 saturated heterocycles. The maximum absolute atomic E-state index is 13.1. The predicted molar refractivity (Wildman–Crippen MR) is 76.9 cm³/mol. The van der Waals surface area contributed by atoms with Crippen molar-refractivity contribution in [3.05, 3.63) is 70.5 Å². The molecule has 0 unspecified atom stereocenters. The summed E-state index contributed by atoms with van der Waals surface area (Å²) in [4.78, 5) is 24.1. The molecule has 0 radical (unpaired) electrons. The lowest BCUT2D eigenvalue weighted by Gasteiger charge is -2.16. The molecule has 0 aromatic heterocycles. The number of Topliss-reactive ketones (excluding diaryl/α,β-unsaturated/α-hetero) is 1. The summed E-state index contributed by atoms with van der Waals surface area (Å²) in [7, 11) is 0. The predicted octanol–water partition coefficient (Wildman–Crippen LogP) is 2.54. The zero-order chi connectivity index (χ0) is 14.8. The van der Waals surface area contributed by atoms with Gasteiger partial charge in [0.2, 0.25) is 0 Å². The van der Waals surface area contributed by atoms with E-state index in [2.05, 4.69) is 5.32 Å². The lowest BCUT2D eigenvalue weighted by molar-refractivity contribution is 0.0946. The molecule has 106 valence electrons. The zero-order valence-corrected chi connectivity index (χ0v) is 11.4. The highest BCUT2D eigenvalue weighted by Crippen LogP contribution is 2.17. The van der Waals surface area contributed by atoms with Crippen LogP contribution >= 0.6 is 0 Å². The summed E-state index contributed by atoms with van der Waals surface area (Å²) in [6.45, 7) is 0.627. The number of nitrogens with one attached hydrogen (secondary N) is 1. The number of ketones is 1. The lowest BCUT2D eigenvalue weighted by atomic mass is 9.95. The lowest BCUT2D eigenvalue weighted by Crippen LogP contribution is -2.32. The molecule has 1 amide bonds. The number of rotatable bonds is 3. The highest BCUT2D eigenvalue weighted by Gasteiger charge is 2.18. The van der Waals surface area contributed by atoms with Crippen molar-refractivity contribution < 1.29 is 14.0 Å². The molecule has 3 nitrogen and oxygen atoms in total. The van der Waals surface area contributed by atoms with Gasteiger partial charge in [0.25, 0.3) is 5.91 Å². The Kier molecular flexibility index (Phi) is 3.52. The Hall–Kier alpha value is -2.49. The number of fused-ring (bicyclic) bond motifs is 1. The van der Waals surface area contributed by atoms with Crippen molar-refractivity contribution in [2.45, 2.75) is 12.8 Å². The van der Waals surface area contributed by atoms with Gasteiger partial charge in [0.1, 0.15) is 5.82 Å². The van der Waals surface area contributed by atoms with E-state index >= 15 is 0 Å². The molecule has 1 aliphatic rings. The average Bonchev–Trinajstić information content (AvgIpc) is 2.47. The number of carbonyl (C=O) groups excluding carboxylic acids is 2. The van der Waals surface area contributed by atoms with Crippen LogP contribution in [0.4, 0.5) is 4.39 Å². The molecule has 0 bridgehead atoms. The van der Waals surface area contributed by atoms with Crippen LogP contribution in [-0.2, 0) is 12.8 Å². The van der Waals surface area contributed by atoms with Crippen LogP contribution in [-0.4, -0.2) is 18.2 Å². The van der Waals surface area contributed by atoms with Gasteiger partial charge in [-0.3, -0.25) is 9.59 Å². The molecule has 4 heteroatoms. The molecular weight excluding hydrogens is 269 g/mol. The van der Waals surface area contributed by atoms with Crippen LogP contribution in [0.1, 0.15) is 31.8 Å². The minimum atomic E-state index is -0.356. The number of amides is 1. The van der Waals surface area contributed by atoms with Gasteiger partial charge in [-0.1, -0.05) is 24.3 Å². The van der Waals surface area contributed by atoms with Crippen molar-refractivity contribution in [2.24, 2.45) is 0 Å². The SMILES string of the molecule is O=C(Cc1cccc(F)c1)c1ccc2c(c1)C(=O)NCC2. The molecule has 0 saturated carbocycles. The highest BCUT2D eigenvalue weighted by atomic mass is 19.1. The summed E-state index contributed by atoms with van der Waals surface area (Å²) >= 11 is 0. The van der Waals surface area contributed by atoms with Gasteiger partial charge in [-0.05, 0) is 35.7 Å². The molecule has 0 atom stereocenters. The molecule has 1 N–H and O–H groups in total. The Morgan fingerprint density at radius 3 is 2.86 bits per heavy atom. The summed E-state index contributed by atoms with van der Waals surface area (Å²) < 4.78 is 13.1. The van der Waals surface area contributed by atoms with Gasteiger partial charge in [-0.2, -0.15) is 0 Å². The quantitative estimate of drug-likeness (QED) is 0.880. The topological polar surface area (TPSA) is 46.2 Å². The van der Waals surface area contributed by atoms with Gasteiger partial charge in [-0.15, -0.1) is 0 Å². The van der Waals surface area contributed by atoms with Crippen molar-refractivity contribution >= 4 is 11.7 Å². The molecule has 0 fully saturated rings. The molecule has 1 heterocycles. The third-order valence-electron chi connectivity index (χ3n) is 3.61. The zero-order valence-electron chi connectivity index (χ0n) is 11.4. The van der Waals surface area contributed by atoms with E-state index in [1.54, 1.807) is 24.3 Å². The van der Waals surface area contributed by atoms with E-state index in [4.69, 9.17) is 0 Å². The van der Waals surface area contributed by atoms with E-state index in [1.807, 2.05) is 6.07 Å².